The number of hydrogen-bond acceptors (Lipinski definition) is 6. The number of carbonyl (C=O) groups excluding carboxylic acids is 1. The number of nitrogens with one attached hydrogen (secondary N) is 1. The summed E-state index contributed by atoms with van der Waals surface area (Å²) in [5.74, 6) is 2.17. The lowest BCUT2D eigenvalue weighted by atomic mass is 10.1. The number of tetrazole rings is 1. The van der Waals surface area contributed by atoms with Crippen molar-refractivity contribution in [1.29, 1.82) is 0 Å². The molecule has 4 rings (SSSR count). The highest BCUT2D eigenvalue weighted by atomic mass is 32.2. The van der Waals surface area contributed by atoms with Gasteiger partial charge < -0.3 is 5.32 Å². The number of aryl methyl sites for hydroxylation is 1. The molecule has 1 aliphatic rings. The van der Waals surface area contributed by atoms with Crippen LogP contribution in [-0.2, 0) is 17.9 Å². The van der Waals surface area contributed by atoms with Gasteiger partial charge in [-0.3, -0.25) is 9.69 Å². The zero-order valence-corrected chi connectivity index (χ0v) is 17.5. The molecule has 1 aromatic heterocycles. The molecule has 1 N–H and O–H groups in total. The Bertz CT molecular complexity index is 1030. The summed E-state index contributed by atoms with van der Waals surface area (Å²) in [7, 11) is 0. The number of aromatic nitrogens is 4. The van der Waals surface area contributed by atoms with Crippen LogP contribution in [0, 0.1) is 12.7 Å². The van der Waals surface area contributed by atoms with Gasteiger partial charge in [0.1, 0.15) is 12.4 Å². The maximum absolute atomic E-state index is 13.4. The average molecular weight is 427 g/mol. The molecular weight excluding hydrogens is 403 g/mol. The predicted octanol–water partition coefficient (Wildman–Crippen LogP) is 2.98. The Balaban J connectivity index is 1.36. The number of carbonyl (C=O) groups is 1. The van der Waals surface area contributed by atoms with Gasteiger partial charge in [0.25, 0.3) is 0 Å². The van der Waals surface area contributed by atoms with E-state index in [1.807, 2.05) is 30.0 Å². The number of benzene rings is 2. The molecule has 0 atom stereocenters. The molecule has 0 spiro atoms. The van der Waals surface area contributed by atoms with Crippen LogP contribution in [-0.4, -0.2) is 55.6 Å². The van der Waals surface area contributed by atoms with Crippen LogP contribution in [0.4, 0.5) is 10.1 Å². The number of thioether (sulfide) groups is 1. The maximum Gasteiger partial charge on any atom is 0.248 e. The third-order valence-electron chi connectivity index (χ3n) is 4.87. The summed E-state index contributed by atoms with van der Waals surface area (Å²) in [6.45, 7) is 4.69. The van der Waals surface area contributed by atoms with E-state index in [1.54, 1.807) is 19.1 Å². The molecule has 30 heavy (non-hydrogen) atoms. The molecule has 3 aromatic rings. The molecule has 0 bridgehead atoms. The number of rotatable bonds is 6. The van der Waals surface area contributed by atoms with Crippen molar-refractivity contribution in [3.63, 3.8) is 0 Å². The minimum Gasteiger partial charge on any atom is -0.324 e. The van der Waals surface area contributed by atoms with Crippen LogP contribution in [0.15, 0.2) is 42.5 Å². The van der Waals surface area contributed by atoms with Gasteiger partial charge in [0.05, 0.1) is 0 Å². The molecule has 7 nitrogen and oxygen atoms in total. The maximum atomic E-state index is 13.4. The Morgan fingerprint density at radius 2 is 2.03 bits per heavy atom. The normalized spacial score (nSPS) is 14.6. The molecule has 1 fully saturated rings. The Morgan fingerprint density at radius 3 is 2.83 bits per heavy atom. The van der Waals surface area contributed by atoms with E-state index in [-0.39, 0.29) is 18.3 Å². The minimum atomic E-state index is -0.285. The first-order valence-corrected chi connectivity index (χ1v) is 11.0. The van der Waals surface area contributed by atoms with Crippen LogP contribution in [0.25, 0.3) is 11.4 Å². The van der Waals surface area contributed by atoms with E-state index in [4.69, 9.17) is 0 Å². The van der Waals surface area contributed by atoms with E-state index in [9.17, 15) is 9.18 Å². The van der Waals surface area contributed by atoms with Crippen LogP contribution in [0.1, 0.15) is 11.1 Å². The van der Waals surface area contributed by atoms with Crippen molar-refractivity contribution in [3.8, 4) is 11.4 Å². The first-order valence-electron chi connectivity index (χ1n) is 9.80. The van der Waals surface area contributed by atoms with Crippen molar-refractivity contribution >= 4 is 23.4 Å². The zero-order valence-electron chi connectivity index (χ0n) is 16.7. The molecular formula is C21H23FN6OS. The van der Waals surface area contributed by atoms with E-state index in [1.165, 1.54) is 27.9 Å². The Kier molecular flexibility index (Phi) is 6.39. The predicted molar refractivity (Wildman–Crippen MR) is 116 cm³/mol. The van der Waals surface area contributed by atoms with Crippen LogP contribution >= 0.6 is 11.8 Å². The van der Waals surface area contributed by atoms with Crippen LogP contribution in [0.5, 0.6) is 0 Å². The summed E-state index contributed by atoms with van der Waals surface area (Å²) in [4.78, 5) is 16.1. The first kappa shape index (κ1) is 20.5. The lowest BCUT2D eigenvalue weighted by molar-refractivity contribution is -0.117. The van der Waals surface area contributed by atoms with Crippen LogP contribution < -0.4 is 5.32 Å². The van der Waals surface area contributed by atoms with Crippen molar-refractivity contribution < 1.29 is 9.18 Å². The molecule has 1 amide bonds. The topological polar surface area (TPSA) is 75.9 Å². The SMILES string of the molecule is Cc1cc(-c2nnn(CC(=O)Nc3cccc(CN4CCSCC4)c3)n2)ccc1F. The molecule has 1 aliphatic heterocycles. The Hall–Kier alpha value is -2.78. The number of amides is 1. The Morgan fingerprint density at radius 1 is 1.20 bits per heavy atom. The lowest BCUT2D eigenvalue weighted by Gasteiger charge is -2.26. The van der Waals surface area contributed by atoms with Gasteiger partial charge >= 0.3 is 0 Å². The standard InChI is InChI=1S/C21H23FN6OS/c1-15-11-17(5-6-19(15)22)21-24-26-28(25-21)14-20(29)23-18-4-2-3-16(12-18)13-27-7-9-30-10-8-27/h2-6,11-12H,7-10,13-14H2,1H3,(H,23,29). The van der Waals surface area contributed by atoms with Crippen molar-refractivity contribution in [2.45, 2.75) is 20.0 Å². The van der Waals surface area contributed by atoms with Gasteiger partial charge in [0, 0.05) is 42.4 Å². The second kappa shape index (κ2) is 9.36. The second-order valence-electron chi connectivity index (χ2n) is 7.24. The zero-order chi connectivity index (χ0) is 20.9. The van der Waals surface area contributed by atoms with E-state index in [0.29, 0.717) is 17.0 Å². The van der Waals surface area contributed by atoms with Gasteiger partial charge in [-0.15, -0.1) is 10.2 Å². The second-order valence-corrected chi connectivity index (χ2v) is 8.47. The van der Waals surface area contributed by atoms with Gasteiger partial charge in [-0.25, -0.2) is 4.39 Å². The summed E-state index contributed by atoms with van der Waals surface area (Å²) in [5.41, 5.74) is 3.08. The number of nitrogens with zero attached hydrogens (tertiary/aromatic N) is 5. The fourth-order valence-corrected chi connectivity index (χ4v) is 4.28. The summed E-state index contributed by atoms with van der Waals surface area (Å²) >= 11 is 1.99. The van der Waals surface area contributed by atoms with E-state index < -0.39 is 0 Å². The van der Waals surface area contributed by atoms with Crippen molar-refractivity contribution in [2.24, 2.45) is 0 Å². The van der Waals surface area contributed by atoms with Crippen molar-refractivity contribution in [1.82, 2.24) is 25.1 Å². The van der Waals surface area contributed by atoms with Crippen LogP contribution in [0.3, 0.4) is 0 Å². The van der Waals surface area contributed by atoms with Gasteiger partial charge in [-0.1, -0.05) is 12.1 Å². The summed E-state index contributed by atoms with van der Waals surface area (Å²) in [5, 5.41) is 15.0. The molecule has 0 aliphatic carbocycles. The summed E-state index contributed by atoms with van der Waals surface area (Å²) in [6, 6.07) is 12.5. The highest BCUT2D eigenvalue weighted by Crippen LogP contribution is 2.18. The molecule has 0 unspecified atom stereocenters. The summed E-state index contributed by atoms with van der Waals surface area (Å²) in [6.07, 6.45) is 0. The molecule has 2 aromatic carbocycles. The number of anilines is 1. The third-order valence-corrected chi connectivity index (χ3v) is 5.82. The van der Waals surface area contributed by atoms with Gasteiger partial charge in [0.2, 0.25) is 11.7 Å². The Labute approximate surface area is 178 Å². The van der Waals surface area contributed by atoms with E-state index in [2.05, 4.69) is 31.7 Å². The number of hydrogen-bond donors (Lipinski definition) is 1. The fourth-order valence-electron chi connectivity index (χ4n) is 3.30. The monoisotopic (exact) mass is 426 g/mol. The van der Waals surface area contributed by atoms with Gasteiger partial charge in [0.15, 0.2) is 0 Å². The first-order chi connectivity index (χ1) is 14.6. The highest BCUT2D eigenvalue weighted by molar-refractivity contribution is 7.99. The fraction of sp³-hybridized carbons (Fsp3) is 0.333. The largest absolute Gasteiger partial charge is 0.324 e. The molecule has 156 valence electrons. The highest BCUT2D eigenvalue weighted by Gasteiger charge is 2.13. The minimum absolute atomic E-state index is 0.0548. The lowest BCUT2D eigenvalue weighted by Crippen LogP contribution is -2.31. The van der Waals surface area contributed by atoms with Crippen molar-refractivity contribution in [2.75, 3.05) is 29.9 Å². The van der Waals surface area contributed by atoms with Gasteiger partial charge in [-0.05, 0) is 53.6 Å². The van der Waals surface area contributed by atoms with E-state index in [0.717, 1.165) is 25.3 Å². The van der Waals surface area contributed by atoms with Gasteiger partial charge in [-0.2, -0.15) is 16.6 Å². The smallest absolute Gasteiger partial charge is 0.248 e. The molecule has 1 saturated heterocycles. The van der Waals surface area contributed by atoms with E-state index >= 15 is 0 Å². The molecule has 2 heterocycles. The molecule has 0 radical (unpaired) electrons. The number of halogens is 1. The molecule has 0 saturated carbocycles. The third kappa shape index (κ3) is 5.22. The summed E-state index contributed by atoms with van der Waals surface area (Å²) < 4.78 is 13.4. The quantitative estimate of drug-likeness (QED) is 0.653. The average Bonchev–Trinajstić information content (AvgIpc) is 3.19. The van der Waals surface area contributed by atoms with Crippen molar-refractivity contribution in [3.05, 3.63) is 59.4 Å². The molecule has 9 heteroatoms. The van der Waals surface area contributed by atoms with Crippen LogP contribution in [0.2, 0.25) is 0 Å².